The van der Waals surface area contributed by atoms with Crippen molar-refractivity contribution in [2.24, 2.45) is 0 Å². The third-order valence-corrected chi connectivity index (χ3v) is 3.21. The summed E-state index contributed by atoms with van der Waals surface area (Å²) in [6.45, 7) is 4.33. The van der Waals surface area contributed by atoms with Gasteiger partial charge in [0.1, 0.15) is 5.75 Å². The van der Waals surface area contributed by atoms with E-state index in [4.69, 9.17) is 9.47 Å². The molecule has 0 radical (unpaired) electrons. The molecule has 1 aromatic carbocycles. The van der Waals surface area contributed by atoms with Gasteiger partial charge in [0.15, 0.2) is 0 Å². The van der Waals surface area contributed by atoms with E-state index in [1.54, 1.807) is 14.0 Å². The molecule has 1 saturated heterocycles. The number of nitrogens with one attached hydrogen (secondary N) is 1. The lowest BCUT2D eigenvalue weighted by Crippen LogP contribution is -2.39. The Balaban J connectivity index is 2.10. The van der Waals surface area contributed by atoms with E-state index in [1.807, 2.05) is 18.2 Å². The standard InChI is InChI=1S/C14H21NO3/c1-10(16)13-8-11(3-4-14(13)17-2)7-12-9-15-5-6-18-12/h3-4,8,10,12,15-16H,5-7,9H2,1-2H3/t10?,12-/m1/s1. The van der Waals surface area contributed by atoms with Crippen LogP contribution in [0.5, 0.6) is 5.75 Å². The SMILES string of the molecule is COc1ccc(C[C@@H]2CNCCO2)cc1C(C)O. The first-order chi connectivity index (χ1) is 8.70. The van der Waals surface area contributed by atoms with Gasteiger partial charge in [-0.05, 0) is 31.0 Å². The molecule has 2 rings (SSSR count). The molecule has 100 valence electrons. The van der Waals surface area contributed by atoms with Crippen molar-refractivity contribution < 1.29 is 14.6 Å². The first-order valence-electron chi connectivity index (χ1n) is 6.38. The summed E-state index contributed by atoms with van der Waals surface area (Å²) in [4.78, 5) is 0. The van der Waals surface area contributed by atoms with Gasteiger partial charge in [0.25, 0.3) is 0 Å². The largest absolute Gasteiger partial charge is 0.496 e. The summed E-state index contributed by atoms with van der Waals surface area (Å²) in [7, 11) is 1.62. The zero-order chi connectivity index (χ0) is 13.0. The average molecular weight is 251 g/mol. The number of morpholine rings is 1. The second-order valence-electron chi connectivity index (χ2n) is 4.65. The maximum Gasteiger partial charge on any atom is 0.124 e. The maximum absolute atomic E-state index is 9.74. The molecule has 1 fully saturated rings. The van der Waals surface area contributed by atoms with E-state index in [-0.39, 0.29) is 6.10 Å². The van der Waals surface area contributed by atoms with Crippen LogP contribution >= 0.6 is 0 Å². The van der Waals surface area contributed by atoms with Gasteiger partial charge >= 0.3 is 0 Å². The summed E-state index contributed by atoms with van der Waals surface area (Å²) in [6, 6.07) is 5.94. The Bertz CT molecular complexity index is 387. The van der Waals surface area contributed by atoms with Crippen LogP contribution in [-0.4, -0.2) is 38.0 Å². The zero-order valence-corrected chi connectivity index (χ0v) is 11.0. The molecule has 1 aliphatic heterocycles. The average Bonchev–Trinajstić information content (AvgIpc) is 2.40. The minimum absolute atomic E-state index is 0.217. The lowest BCUT2D eigenvalue weighted by molar-refractivity contribution is 0.0292. The van der Waals surface area contributed by atoms with Crippen molar-refractivity contribution in [3.05, 3.63) is 29.3 Å². The number of rotatable bonds is 4. The van der Waals surface area contributed by atoms with Crippen LogP contribution in [0.3, 0.4) is 0 Å². The van der Waals surface area contributed by atoms with Crippen LogP contribution in [0.25, 0.3) is 0 Å². The number of hydrogen-bond acceptors (Lipinski definition) is 4. The Hall–Kier alpha value is -1.10. The molecular weight excluding hydrogens is 230 g/mol. The first kappa shape index (κ1) is 13.3. The molecule has 1 aromatic rings. The predicted molar refractivity (Wildman–Crippen MR) is 69.9 cm³/mol. The third-order valence-electron chi connectivity index (χ3n) is 3.21. The van der Waals surface area contributed by atoms with Crippen molar-refractivity contribution in [2.75, 3.05) is 26.8 Å². The minimum atomic E-state index is -0.523. The number of aliphatic hydroxyl groups is 1. The van der Waals surface area contributed by atoms with Crippen molar-refractivity contribution >= 4 is 0 Å². The fraction of sp³-hybridized carbons (Fsp3) is 0.571. The Kier molecular flexibility index (Phi) is 4.58. The topological polar surface area (TPSA) is 50.7 Å². The van der Waals surface area contributed by atoms with Crippen molar-refractivity contribution in [1.29, 1.82) is 0 Å². The van der Waals surface area contributed by atoms with Crippen LogP contribution in [0.2, 0.25) is 0 Å². The normalized spacial score (nSPS) is 21.6. The number of ether oxygens (including phenoxy) is 2. The molecule has 1 unspecified atom stereocenters. The molecule has 0 bridgehead atoms. The Morgan fingerprint density at radius 2 is 2.39 bits per heavy atom. The van der Waals surface area contributed by atoms with Gasteiger partial charge in [-0.1, -0.05) is 6.07 Å². The molecule has 4 heteroatoms. The van der Waals surface area contributed by atoms with Crippen molar-refractivity contribution in [2.45, 2.75) is 25.6 Å². The Labute approximate surface area is 108 Å². The maximum atomic E-state index is 9.74. The second-order valence-corrected chi connectivity index (χ2v) is 4.65. The monoisotopic (exact) mass is 251 g/mol. The van der Waals surface area contributed by atoms with Crippen LogP contribution in [0.4, 0.5) is 0 Å². The zero-order valence-electron chi connectivity index (χ0n) is 11.0. The fourth-order valence-corrected chi connectivity index (χ4v) is 2.25. The summed E-state index contributed by atoms with van der Waals surface area (Å²) >= 11 is 0. The highest BCUT2D eigenvalue weighted by Gasteiger charge is 2.16. The molecule has 4 nitrogen and oxygen atoms in total. The van der Waals surface area contributed by atoms with Crippen LogP contribution in [0, 0.1) is 0 Å². The quantitative estimate of drug-likeness (QED) is 0.846. The van der Waals surface area contributed by atoms with Gasteiger partial charge in [0.05, 0.1) is 25.9 Å². The van der Waals surface area contributed by atoms with Crippen LogP contribution in [-0.2, 0) is 11.2 Å². The van der Waals surface area contributed by atoms with Gasteiger partial charge in [-0.15, -0.1) is 0 Å². The van der Waals surface area contributed by atoms with Gasteiger partial charge in [-0.25, -0.2) is 0 Å². The molecule has 18 heavy (non-hydrogen) atoms. The highest BCUT2D eigenvalue weighted by atomic mass is 16.5. The molecule has 0 spiro atoms. The fourth-order valence-electron chi connectivity index (χ4n) is 2.25. The summed E-state index contributed by atoms with van der Waals surface area (Å²) in [5.74, 6) is 0.733. The van der Waals surface area contributed by atoms with Gasteiger partial charge in [0, 0.05) is 18.7 Å². The molecule has 0 amide bonds. The smallest absolute Gasteiger partial charge is 0.124 e. The Morgan fingerprint density at radius 3 is 3.00 bits per heavy atom. The van der Waals surface area contributed by atoms with Crippen LogP contribution in [0.15, 0.2) is 18.2 Å². The van der Waals surface area contributed by atoms with E-state index in [1.165, 1.54) is 5.56 Å². The lowest BCUT2D eigenvalue weighted by Gasteiger charge is -2.24. The van der Waals surface area contributed by atoms with Gasteiger partial charge in [-0.3, -0.25) is 0 Å². The number of aliphatic hydroxyl groups excluding tert-OH is 1. The number of hydrogen-bond donors (Lipinski definition) is 2. The molecule has 2 atom stereocenters. The van der Waals surface area contributed by atoms with E-state index in [0.29, 0.717) is 0 Å². The number of benzene rings is 1. The van der Waals surface area contributed by atoms with Gasteiger partial charge in [0.2, 0.25) is 0 Å². The minimum Gasteiger partial charge on any atom is -0.496 e. The molecule has 1 aliphatic rings. The van der Waals surface area contributed by atoms with E-state index in [9.17, 15) is 5.11 Å². The van der Waals surface area contributed by atoms with E-state index < -0.39 is 6.10 Å². The summed E-state index contributed by atoms with van der Waals surface area (Å²) in [5, 5.41) is 13.1. The summed E-state index contributed by atoms with van der Waals surface area (Å²) in [6.07, 6.45) is 0.552. The van der Waals surface area contributed by atoms with Crippen LogP contribution < -0.4 is 10.1 Å². The van der Waals surface area contributed by atoms with E-state index in [2.05, 4.69) is 5.32 Å². The highest BCUT2D eigenvalue weighted by molar-refractivity contribution is 5.38. The summed E-state index contributed by atoms with van der Waals surface area (Å²) in [5.41, 5.74) is 2.00. The van der Waals surface area contributed by atoms with E-state index in [0.717, 1.165) is 37.4 Å². The van der Waals surface area contributed by atoms with Crippen LogP contribution in [0.1, 0.15) is 24.2 Å². The van der Waals surface area contributed by atoms with Gasteiger partial charge in [-0.2, -0.15) is 0 Å². The molecule has 0 saturated carbocycles. The molecule has 1 heterocycles. The van der Waals surface area contributed by atoms with Crippen molar-refractivity contribution in [1.82, 2.24) is 5.32 Å². The summed E-state index contributed by atoms with van der Waals surface area (Å²) < 4.78 is 10.9. The van der Waals surface area contributed by atoms with Gasteiger partial charge < -0.3 is 19.9 Å². The Morgan fingerprint density at radius 1 is 1.56 bits per heavy atom. The molecular formula is C14H21NO3. The second kappa shape index (κ2) is 6.18. The molecule has 0 aliphatic carbocycles. The lowest BCUT2D eigenvalue weighted by atomic mass is 10.0. The molecule has 0 aromatic heterocycles. The number of methoxy groups -OCH3 is 1. The van der Waals surface area contributed by atoms with Crippen molar-refractivity contribution in [3.8, 4) is 5.75 Å². The molecule has 2 N–H and O–H groups in total. The van der Waals surface area contributed by atoms with Crippen molar-refractivity contribution in [3.63, 3.8) is 0 Å². The van der Waals surface area contributed by atoms with E-state index >= 15 is 0 Å². The highest BCUT2D eigenvalue weighted by Crippen LogP contribution is 2.26. The first-order valence-corrected chi connectivity index (χ1v) is 6.38. The third kappa shape index (κ3) is 3.22. The predicted octanol–water partition coefficient (Wildman–Crippen LogP) is 1.28.